The number of ketones is 1. The molecular formula is C9H3ClF3NOS. The van der Waals surface area contributed by atoms with E-state index in [0.717, 1.165) is 17.4 Å². The van der Waals surface area contributed by atoms with Gasteiger partial charge in [0.25, 0.3) is 5.78 Å². The summed E-state index contributed by atoms with van der Waals surface area (Å²) in [7, 11) is 0. The quantitative estimate of drug-likeness (QED) is 0.581. The highest BCUT2D eigenvalue weighted by Crippen LogP contribution is 2.30. The molecule has 0 aliphatic carbocycles. The molecule has 84 valence electrons. The molecule has 0 radical (unpaired) electrons. The average Bonchev–Trinajstić information content (AvgIpc) is 2.57. The normalized spacial score (nSPS) is 12.0. The minimum absolute atomic E-state index is 0.177. The molecule has 7 heteroatoms. The number of hydrogen-bond donors (Lipinski definition) is 0. The molecule has 0 aromatic carbocycles. The summed E-state index contributed by atoms with van der Waals surface area (Å²) in [5.41, 5.74) is 0.296. The molecule has 2 heterocycles. The predicted octanol–water partition coefficient (Wildman–Crippen LogP) is 3.69. The van der Waals surface area contributed by atoms with Crippen LogP contribution in [-0.2, 0) is 0 Å². The molecule has 0 aliphatic rings. The molecule has 0 saturated carbocycles. The number of nitrogens with zero attached hydrogens (tertiary/aromatic N) is 1. The Morgan fingerprint density at radius 3 is 2.69 bits per heavy atom. The fourth-order valence-corrected chi connectivity index (χ4v) is 2.27. The summed E-state index contributed by atoms with van der Waals surface area (Å²) in [6.07, 6.45) is -4.86. The molecule has 0 amide bonds. The fraction of sp³-hybridized carbons (Fsp3) is 0.111. The number of carbonyl (C=O) groups excluding carboxylic acids is 1. The van der Waals surface area contributed by atoms with Crippen LogP contribution in [0.5, 0.6) is 0 Å². The van der Waals surface area contributed by atoms with Crippen LogP contribution < -0.4 is 0 Å². The van der Waals surface area contributed by atoms with Crippen molar-refractivity contribution in [1.29, 1.82) is 0 Å². The maximum atomic E-state index is 12.2. The lowest BCUT2D eigenvalue weighted by Gasteiger charge is -2.00. The maximum absolute atomic E-state index is 12.2. The van der Waals surface area contributed by atoms with E-state index in [1.54, 1.807) is 0 Å². The Kier molecular flexibility index (Phi) is 2.63. The van der Waals surface area contributed by atoms with Crippen LogP contribution in [0.2, 0.25) is 5.15 Å². The highest BCUT2D eigenvalue weighted by Gasteiger charge is 2.40. The van der Waals surface area contributed by atoms with Gasteiger partial charge in [0.05, 0.1) is 15.1 Å². The van der Waals surface area contributed by atoms with Crippen molar-refractivity contribution in [3.63, 3.8) is 0 Å². The molecular weight excluding hydrogens is 263 g/mol. The summed E-state index contributed by atoms with van der Waals surface area (Å²) in [6.45, 7) is 0. The lowest BCUT2D eigenvalue weighted by atomic mass is 10.3. The SMILES string of the molecule is O=C(c1cc2nc(Cl)ccc2s1)C(F)(F)F. The van der Waals surface area contributed by atoms with Crippen LogP contribution in [0, 0.1) is 0 Å². The number of aromatic nitrogens is 1. The second-order valence-electron chi connectivity index (χ2n) is 2.95. The van der Waals surface area contributed by atoms with E-state index in [4.69, 9.17) is 11.6 Å². The van der Waals surface area contributed by atoms with Gasteiger partial charge in [0.1, 0.15) is 5.15 Å². The van der Waals surface area contributed by atoms with Gasteiger partial charge in [-0.3, -0.25) is 4.79 Å². The molecule has 0 saturated heterocycles. The molecule has 0 fully saturated rings. The van der Waals surface area contributed by atoms with E-state index >= 15 is 0 Å². The van der Waals surface area contributed by atoms with Crippen molar-refractivity contribution in [1.82, 2.24) is 4.98 Å². The van der Waals surface area contributed by atoms with E-state index < -0.39 is 12.0 Å². The van der Waals surface area contributed by atoms with Gasteiger partial charge in [0.2, 0.25) is 0 Å². The van der Waals surface area contributed by atoms with Gasteiger partial charge in [0, 0.05) is 0 Å². The van der Waals surface area contributed by atoms with Gasteiger partial charge in [-0.05, 0) is 18.2 Å². The van der Waals surface area contributed by atoms with Gasteiger partial charge in [-0.1, -0.05) is 11.6 Å². The summed E-state index contributed by atoms with van der Waals surface area (Å²) in [4.78, 5) is 14.4. The molecule has 16 heavy (non-hydrogen) atoms. The van der Waals surface area contributed by atoms with E-state index in [0.29, 0.717) is 10.2 Å². The predicted molar refractivity (Wildman–Crippen MR) is 55.0 cm³/mol. The van der Waals surface area contributed by atoms with Gasteiger partial charge in [-0.2, -0.15) is 13.2 Å². The maximum Gasteiger partial charge on any atom is 0.455 e. The first-order valence-electron chi connectivity index (χ1n) is 4.05. The van der Waals surface area contributed by atoms with Gasteiger partial charge in [-0.15, -0.1) is 11.3 Å². The molecule has 2 rings (SSSR count). The molecule has 2 nitrogen and oxygen atoms in total. The number of carbonyl (C=O) groups is 1. The summed E-state index contributed by atoms with van der Waals surface area (Å²) in [5.74, 6) is -1.85. The summed E-state index contributed by atoms with van der Waals surface area (Å²) < 4.78 is 37.0. The summed E-state index contributed by atoms with van der Waals surface area (Å²) in [6, 6.07) is 4.09. The first-order valence-corrected chi connectivity index (χ1v) is 5.25. The molecule has 2 aromatic rings. The molecule has 0 bridgehead atoms. The van der Waals surface area contributed by atoms with Crippen molar-refractivity contribution in [3.8, 4) is 0 Å². The summed E-state index contributed by atoms with van der Waals surface area (Å²) >= 11 is 6.33. The van der Waals surface area contributed by atoms with E-state index in [1.807, 2.05) is 0 Å². The highest BCUT2D eigenvalue weighted by atomic mass is 35.5. The van der Waals surface area contributed by atoms with E-state index in [-0.39, 0.29) is 10.0 Å². The van der Waals surface area contributed by atoms with E-state index in [2.05, 4.69) is 4.98 Å². The van der Waals surface area contributed by atoms with Gasteiger partial charge < -0.3 is 0 Å². The monoisotopic (exact) mass is 265 g/mol. The van der Waals surface area contributed by atoms with E-state index in [9.17, 15) is 18.0 Å². The minimum atomic E-state index is -4.86. The third-order valence-electron chi connectivity index (χ3n) is 1.82. The number of Topliss-reactive ketones (excluding diaryl/α,β-unsaturated/α-hetero) is 1. The lowest BCUT2D eigenvalue weighted by Crippen LogP contribution is -2.21. The fourth-order valence-electron chi connectivity index (χ4n) is 1.15. The summed E-state index contributed by atoms with van der Waals surface area (Å²) in [5, 5.41) is 0.177. The number of rotatable bonds is 1. The van der Waals surface area contributed by atoms with Crippen LogP contribution in [0.3, 0.4) is 0 Å². The number of alkyl halides is 3. The number of hydrogen-bond acceptors (Lipinski definition) is 3. The average molecular weight is 266 g/mol. The van der Waals surface area contributed by atoms with Crippen molar-refractivity contribution in [2.45, 2.75) is 6.18 Å². The second-order valence-corrected chi connectivity index (χ2v) is 4.43. The Balaban J connectivity index is 2.52. The zero-order chi connectivity index (χ0) is 11.9. The Morgan fingerprint density at radius 1 is 1.38 bits per heavy atom. The van der Waals surface area contributed by atoms with Gasteiger partial charge in [0.15, 0.2) is 0 Å². The molecule has 0 aliphatic heterocycles. The first kappa shape index (κ1) is 11.3. The van der Waals surface area contributed by atoms with Crippen LogP contribution in [0.1, 0.15) is 9.67 Å². The van der Waals surface area contributed by atoms with Crippen molar-refractivity contribution >= 4 is 38.9 Å². The van der Waals surface area contributed by atoms with Crippen molar-refractivity contribution < 1.29 is 18.0 Å². The first-order chi connectivity index (χ1) is 7.38. The smallest absolute Gasteiger partial charge is 0.283 e. The number of pyridine rings is 1. The topological polar surface area (TPSA) is 30.0 Å². The Morgan fingerprint density at radius 2 is 2.06 bits per heavy atom. The molecule has 0 unspecified atom stereocenters. The van der Waals surface area contributed by atoms with Crippen molar-refractivity contribution in [2.75, 3.05) is 0 Å². The zero-order valence-electron chi connectivity index (χ0n) is 7.51. The Bertz CT molecular complexity index is 563. The van der Waals surface area contributed by atoms with Crippen LogP contribution >= 0.6 is 22.9 Å². The standard InChI is InChI=1S/C9H3ClF3NOS/c10-7-2-1-5-4(14-7)3-6(16-5)8(15)9(11,12)13/h1-3H. The number of thiophene rings is 1. The minimum Gasteiger partial charge on any atom is -0.283 e. The Hall–Kier alpha value is -1.14. The van der Waals surface area contributed by atoms with Crippen LogP contribution in [0.15, 0.2) is 18.2 Å². The van der Waals surface area contributed by atoms with E-state index in [1.165, 1.54) is 12.1 Å². The van der Waals surface area contributed by atoms with Gasteiger partial charge in [-0.25, -0.2) is 4.98 Å². The Labute approximate surface area is 96.7 Å². The highest BCUT2D eigenvalue weighted by molar-refractivity contribution is 7.20. The van der Waals surface area contributed by atoms with Crippen LogP contribution in [-0.4, -0.2) is 16.9 Å². The number of halogens is 4. The zero-order valence-corrected chi connectivity index (χ0v) is 9.08. The van der Waals surface area contributed by atoms with Crippen molar-refractivity contribution in [2.24, 2.45) is 0 Å². The number of fused-ring (bicyclic) bond motifs is 1. The van der Waals surface area contributed by atoms with Crippen LogP contribution in [0.4, 0.5) is 13.2 Å². The lowest BCUT2D eigenvalue weighted by molar-refractivity contribution is -0.0882. The molecule has 0 atom stereocenters. The van der Waals surface area contributed by atoms with Crippen LogP contribution in [0.25, 0.3) is 10.2 Å². The molecule has 0 N–H and O–H groups in total. The second kappa shape index (κ2) is 3.71. The third-order valence-corrected chi connectivity index (χ3v) is 3.12. The third kappa shape index (κ3) is 2.03. The molecule has 2 aromatic heterocycles. The van der Waals surface area contributed by atoms with Gasteiger partial charge >= 0.3 is 6.18 Å². The van der Waals surface area contributed by atoms with Crippen molar-refractivity contribution in [3.05, 3.63) is 28.2 Å². The molecule has 0 spiro atoms. The largest absolute Gasteiger partial charge is 0.455 e.